The molecule has 3 rings (SSSR count). The predicted octanol–water partition coefficient (Wildman–Crippen LogP) is 2.74. The second kappa shape index (κ2) is 4.75. The van der Waals surface area contributed by atoms with E-state index in [1.54, 1.807) is 18.2 Å². The molecule has 0 fully saturated rings. The van der Waals surface area contributed by atoms with E-state index < -0.39 is 5.78 Å². The summed E-state index contributed by atoms with van der Waals surface area (Å²) in [5, 5.41) is -0.0219. The Balaban J connectivity index is 2.43. The monoisotopic (exact) mass is 298 g/mol. The van der Waals surface area contributed by atoms with Gasteiger partial charge in [0, 0.05) is 33.4 Å². The summed E-state index contributed by atoms with van der Waals surface area (Å²) in [6, 6.07) is 7.61. The number of hydrogen-bond acceptors (Lipinski definition) is 4. The van der Waals surface area contributed by atoms with Gasteiger partial charge in [-0.3, -0.25) is 19.2 Å². The molecule has 1 aliphatic carbocycles. The molecular weight excluding hydrogens is 292 g/mol. The zero-order valence-electron chi connectivity index (χ0n) is 10.6. The molecule has 0 aliphatic heterocycles. The molecule has 4 nitrogen and oxygen atoms in total. The third kappa shape index (κ3) is 1.76. The maximum absolute atomic E-state index is 12.5. The van der Waals surface area contributed by atoms with E-state index in [-0.39, 0.29) is 44.2 Å². The van der Waals surface area contributed by atoms with Gasteiger partial charge >= 0.3 is 0 Å². The third-order valence-corrected chi connectivity index (χ3v) is 3.79. The van der Waals surface area contributed by atoms with Gasteiger partial charge in [0.1, 0.15) is 0 Å². The van der Waals surface area contributed by atoms with Crippen molar-refractivity contribution in [2.24, 2.45) is 0 Å². The van der Waals surface area contributed by atoms with Crippen molar-refractivity contribution in [1.82, 2.24) is 0 Å². The summed E-state index contributed by atoms with van der Waals surface area (Å²) in [5.74, 6) is -0.843. The number of halogens is 1. The van der Waals surface area contributed by atoms with Gasteiger partial charge in [-0.2, -0.15) is 0 Å². The molecule has 2 aromatic carbocycles. The molecule has 102 valence electrons. The second-order valence-corrected chi connectivity index (χ2v) is 4.96. The molecule has 0 atom stereocenters. The Hall–Kier alpha value is -2.59. The Bertz CT molecular complexity index is 836. The first kappa shape index (κ1) is 13.4. The summed E-state index contributed by atoms with van der Waals surface area (Å²) in [7, 11) is 0. The van der Waals surface area contributed by atoms with Crippen LogP contribution in [0.25, 0.3) is 0 Å². The van der Waals surface area contributed by atoms with Gasteiger partial charge in [0.25, 0.3) is 0 Å². The van der Waals surface area contributed by atoms with Gasteiger partial charge < -0.3 is 0 Å². The van der Waals surface area contributed by atoms with E-state index >= 15 is 0 Å². The van der Waals surface area contributed by atoms with Crippen LogP contribution in [0.5, 0.6) is 0 Å². The number of rotatable bonds is 2. The Morgan fingerprint density at radius 3 is 1.95 bits per heavy atom. The van der Waals surface area contributed by atoms with E-state index in [0.29, 0.717) is 12.6 Å². The van der Waals surface area contributed by atoms with Crippen LogP contribution in [0, 0.1) is 0 Å². The Morgan fingerprint density at radius 1 is 0.810 bits per heavy atom. The molecule has 0 N–H and O–H groups in total. The van der Waals surface area contributed by atoms with Crippen molar-refractivity contribution in [2.75, 3.05) is 0 Å². The fourth-order valence-electron chi connectivity index (χ4n) is 2.51. The molecule has 5 heteroatoms. The normalized spacial score (nSPS) is 12.6. The number of carbonyl (C=O) groups excluding carboxylic acids is 4. The Labute approximate surface area is 124 Å². The average molecular weight is 299 g/mol. The summed E-state index contributed by atoms with van der Waals surface area (Å²) >= 11 is 5.93. The standard InChI is InChI=1S/C16H7ClO4/c17-13-5-10-14(12(7-19)11(13)6-18)16(21)9-4-2-1-3-8(9)15(10)20/h1-7H. The lowest BCUT2D eigenvalue weighted by molar-refractivity contribution is 0.0975. The SMILES string of the molecule is O=Cc1c(Cl)cc2c(c1C=O)C(=O)c1ccccc1C2=O. The Kier molecular flexibility index (Phi) is 3.03. The zero-order valence-corrected chi connectivity index (χ0v) is 11.3. The highest BCUT2D eigenvalue weighted by molar-refractivity contribution is 6.37. The molecule has 0 amide bonds. The van der Waals surface area contributed by atoms with Crippen molar-refractivity contribution < 1.29 is 19.2 Å². The van der Waals surface area contributed by atoms with E-state index in [4.69, 9.17) is 11.6 Å². The highest BCUT2D eigenvalue weighted by atomic mass is 35.5. The van der Waals surface area contributed by atoms with Gasteiger partial charge in [0.2, 0.25) is 0 Å². The molecule has 0 bridgehead atoms. The first-order chi connectivity index (χ1) is 10.1. The highest BCUT2D eigenvalue weighted by Gasteiger charge is 2.33. The smallest absolute Gasteiger partial charge is 0.195 e. The molecular formula is C16H7ClO4. The van der Waals surface area contributed by atoms with Gasteiger partial charge in [-0.05, 0) is 6.07 Å². The first-order valence-electron chi connectivity index (χ1n) is 6.05. The van der Waals surface area contributed by atoms with Crippen LogP contribution in [-0.2, 0) is 0 Å². The zero-order chi connectivity index (χ0) is 15.1. The molecule has 0 heterocycles. The minimum Gasteiger partial charge on any atom is -0.298 e. The van der Waals surface area contributed by atoms with Crippen LogP contribution in [0.15, 0.2) is 30.3 Å². The molecule has 0 spiro atoms. The van der Waals surface area contributed by atoms with E-state index in [0.717, 1.165) is 0 Å². The van der Waals surface area contributed by atoms with Crippen molar-refractivity contribution >= 4 is 35.7 Å². The summed E-state index contributed by atoms with van der Waals surface area (Å²) in [6.07, 6.45) is 0.790. The number of benzene rings is 2. The molecule has 2 aromatic rings. The van der Waals surface area contributed by atoms with Crippen LogP contribution in [0.2, 0.25) is 5.02 Å². The summed E-state index contributed by atoms with van der Waals surface area (Å²) in [5.41, 5.74) is 0.266. The quantitative estimate of drug-likeness (QED) is 0.682. The second-order valence-electron chi connectivity index (χ2n) is 4.55. The van der Waals surface area contributed by atoms with Crippen LogP contribution in [-0.4, -0.2) is 24.1 Å². The van der Waals surface area contributed by atoms with Gasteiger partial charge in [-0.15, -0.1) is 0 Å². The van der Waals surface area contributed by atoms with Crippen LogP contribution in [0.4, 0.5) is 0 Å². The summed E-state index contributed by atoms with van der Waals surface area (Å²) in [4.78, 5) is 47.4. The molecule has 0 aromatic heterocycles. The molecule has 1 aliphatic rings. The predicted molar refractivity (Wildman–Crippen MR) is 75.5 cm³/mol. The maximum atomic E-state index is 12.5. The molecule has 0 saturated heterocycles. The largest absolute Gasteiger partial charge is 0.298 e. The topological polar surface area (TPSA) is 68.3 Å². The number of aldehydes is 2. The minimum atomic E-state index is -0.456. The van der Waals surface area contributed by atoms with Crippen LogP contribution in [0.1, 0.15) is 52.6 Å². The summed E-state index contributed by atoms with van der Waals surface area (Å²) < 4.78 is 0. The lowest BCUT2D eigenvalue weighted by atomic mass is 9.81. The van der Waals surface area contributed by atoms with Gasteiger partial charge in [0.15, 0.2) is 24.1 Å². The first-order valence-corrected chi connectivity index (χ1v) is 6.43. The van der Waals surface area contributed by atoms with Crippen molar-refractivity contribution in [2.45, 2.75) is 0 Å². The molecule has 0 saturated carbocycles. The maximum Gasteiger partial charge on any atom is 0.195 e. The number of fused-ring (bicyclic) bond motifs is 2. The molecule has 0 unspecified atom stereocenters. The van der Waals surface area contributed by atoms with Gasteiger partial charge in [0.05, 0.1) is 5.02 Å². The lowest BCUT2D eigenvalue weighted by Crippen LogP contribution is -2.23. The number of hydrogen-bond donors (Lipinski definition) is 0. The molecule has 21 heavy (non-hydrogen) atoms. The van der Waals surface area contributed by atoms with Crippen molar-refractivity contribution in [1.29, 1.82) is 0 Å². The highest BCUT2D eigenvalue weighted by Crippen LogP contribution is 2.33. The van der Waals surface area contributed by atoms with Crippen LogP contribution < -0.4 is 0 Å². The number of ketones is 2. The van der Waals surface area contributed by atoms with Gasteiger partial charge in [-0.1, -0.05) is 35.9 Å². The lowest BCUT2D eigenvalue weighted by Gasteiger charge is -2.20. The van der Waals surface area contributed by atoms with E-state index in [1.165, 1.54) is 12.1 Å². The van der Waals surface area contributed by atoms with Gasteiger partial charge in [-0.25, -0.2) is 0 Å². The fraction of sp³-hybridized carbons (Fsp3) is 0. The van der Waals surface area contributed by atoms with Crippen molar-refractivity contribution in [3.8, 4) is 0 Å². The third-order valence-electron chi connectivity index (χ3n) is 3.48. The molecule has 0 radical (unpaired) electrons. The average Bonchev–Trinajstić information content (AvgIpc) is 2.51. The van der Waals surface area contributed by atoms with Crippen molar-refractivity contribution in [3.63, 3.8) is 0 Å². The van der Waals surface area contributed by atoms with E-state index in [9.17, 15) is 19.2 Å². The van der Waals surface area contributed by atoms with Crippen LogP contribution >= 0.6 is 11.6 Å². The summed E-state index contributed by atoms with van der Waals surface area (Å²) in [6.45, 7) is 0. The minimum absolute atomic E-state index is 0.0219. The Morgan fingerprint density at radius 2 is 1.38 bits per heavy atom. The van der Waals surface area contributed by atoms with Crippen LogP contribution in [0.3, 0.4) is 0 Å². The number of carbonyl (C=O) groups is 4. The van der Waals surface area contributed by atoms with E-state index in [1.807, 2.05) is 0 Å². The van der Waals surface area contributed by atoms with E-state index in [2.05, 4.69) is 0 Å². The van der Waals surface area contributed by atoms with Crippen molar-refractivity contribution in [3.05, 3.63) is 68.7 Å². The fourth-order valence-corrected chi connectivity index (χ4v) is 2.77.